The van der Waals surface area contributed by atoms with Crippen LogP contribution in [-0.2, 0) is 4.79 Å². The third-order valence-corrected chi connectivity index (χ3v) is 8.03. The first-order chi connectivity index (χ1) is 20.4. The average Bonchev–Trinajstić information content (AvgIpc) is 3.18. The number of nitrogens with two attached hydrogens (primary N) is 2. The molecule has 2 aromatic carbocycles. The van der Waals surface area contributed by atoms with E-state index in [-0.39, 0.29) is 51.8 Å². The Labute approximate surface area is 265 Å². The summed E-state index contributed by atoms with van der Waals surface area (Å²) in [4.78, 5) is 34.0. The van der Waals surface area contributed by atoms with Crippen molar-refractivity contribution < 1.29 is 14.0 Å². The lowest BCUT2D eigenvalue weighted by atomic mass is 9.84. The average molecular weight is 628 g/mol. The number of hydrazone groups is 1. The van der Waals surface area contributed by atoms with Gasteiger partial charge in [0.1, 0.15) is 23.0 Å². The second kappa shape index (κ2) is 14.1. The number of carbonyl (C=O) groups excluding carboxylic acids is 2. The number of nitrogens with zero attached hydrogens (tertiary/aromatic N) is 3. The van der Waals surface area contributed by atoms with Crippen LogP contribution in [0.2, 0.25) is 5.02 Å². The monoisotopic (exact) mass is 627 g/mol. The molecule has 2 amide bonds. The minimum absolute atomic E-state index is 0.0114. The fourth-order valence-electron chi connectivity index (χ4n) is 5.38. The smallest absolute Gasteiger partial charge is 0.275 e. The van der Waals surface area contributed by atoms with Gasteiger partial charge in [-0.15, -0.1) is 0 Å². The maximum atomic E-state index is 14.4. The van der Waals surface area contributed by atoms with Crippen LogP contribution < -0.4 is 22.4 Å². The molecule has 3 rings (SSSR count). The van der Waals surface area contributed by atoms with E-state index in [0.717, 1.165) is 24.8 Å². The molecule has 0 radical (unpaired) electrons. The van der Waals surface area contributed by atoms with Crippen LogP contribution in [0.25, 0.3) is 0 Å². The zero-order valence-electron chi connectivity index (χ0n) is 26.9. The minimum atomic E-state index is -0.842. The van der Waals surface area contributed by atoms with Gasteiger partial charge in [0.05, 0.1) is 17.6 Å². The first kappa shape index (κ1) is 35.0. The zero-order chi connectivity index (χ0) is 32.9. The van der Waals surface area contributed by atoms with Crippen LogP contribution in [0.15, 0.2) is 52.6 Å². The zero-order valence-corrected chi connectivity index (χ0v) is 27.7. The molecule has 1 aliphatic heterocycles. The number of carbonyl (C=O) groups is 2. The van der Waals surface area contributed by atoms with Crippen LogP contribution in [-0.4, -0.2) is 40.5 Å². The Morgan fingerprint density at radius 1 is 1.09 bits per heavy atom. The number of benzene rings is 2. The summed E-state index contributed by atoms with van der Waals surface area (Å²) in [7, 11) is 0. The van der Waals surface area contributed by atoms with E-state index >= 15 is 0 Å². The summed E-state index contributed by atoms with van der Waals surface area (Å²) in [5, 5.41) is 6.29. The van der Waals surface area contributed by atoms with Crippen molar-refractivity contribution in [3.05, 3.63) is 70.0 Å². The highest BCUT2D eigenvalue weighted by Gasteiger charge is 2.47. The molecular formula is C33H47ClFN7O2. The summed E-state index contributed by atoms with van der Waals surface area (Å²) in [6.07, 6.45) is 4.00. The third-order valence-electron chi connectivity index (χ3n) is 7.74. The molecule has 240 valence electrons. The summed E-state index contributed by atoms with van der Waals surface area (Å²) in [5.41, 5.74) is 9.18. The Morgan fingerprint density at radius 3 is 2.30 bits per heavy atom. The van der Waals surface area contributed by atoms with Crippen LogP contribution >= 0.6 is 11.6 Å². The van der Waals surface area contributed by atoms with E-state index < -0.39 is 11.5 Å². The van der Waals surface area contributed by atoms with E-state index in [9.17, 15) is 14.0 Å². The molecule has 2 atom stereocenters. The number of amidine groups is 1. The molecular weight excluding hydrogens is 581 g/mol. The predicted molar refractivity (Wildman–Crippen MR) is 176 cm³/mol. The van der Waals surface area contributed by atoms with Gasteiger partial charge in [-0.25, -0.2) is 15.8 Å². The first-order valence-corrected chi connectivity index (χ1v) is 15.4. The van der Waals surface area contributed by atoms with Crippen LogP contribution in [0.3, 0.4) is 0 Å². The lowest BCUT2D eigenvalue weighted by Gasteiger charge is -2.41. The molecule has 0 aliphatic carbocycles. The molecule has 6 N–H and O–H groups in total. The van der Waals surface area contributed by atoms with Crippen LogP contribution in [0.1, 0.15) is 108 Å². The van der Waals surface area contributed by atoms with Crippen molar-refractivity contribution in [2.45, 2.75) is 92.3 Å². The lowest BCUT2D eigenvalue weighted by molar-refractivity contribution is -0.131. The Balaban J connectivity index is 2.02. The topological polar surface area (TPSA) is 138 Å². The molecule has 0 fully saturated rings. The van der Waals surface area contributed by atoms with Gasteiger partial charge in [0.2, 0.25) is 0 Å². The van der Waals surface area contributed by atoms with Crippen molar-refractivity contribution in [3.63, 3.8) is 0 Å². The van der Waals surface area contributed by atoms with Gasteiger partial charge >= 0.3 is 0 Å². The summed E-state index contributed by atoms with van der Waals surface area (Å²) < 4.78 is 14.0. The van der Waals surface area contributed by atoms with Gasteiger partial charge in [-0.1, -0.05) is 65.3 Å². The van der Waals surface area contributed by atoms with E-state index in [4.69, 9.17) is 28.2 Å². The summed E-state index contributed by atoms with van der Waals surface area (Å²) >= 11 is 6.13. The van der Waals surface area contributed by atoms with Gasteiger partial charge in [0, 0.05) is 11.1 Å². The van der Waals surface area contributed by atoms with E-state index in [1.54, 1.807) is 18.2 Å². The maximum Gasteiger partial charge on any atom is 0.275 e. The number of halogens is 2. The summed E-state index contributed by atoms with van der Waals surface area (Å²) in [5.74, 6) is 4.18. The lowest BCUT2D eigenvalue weighted by Crippen LogP contribution is -2.47. The highest BCUT2D eigenvalue weighted by atomic mass is 35.5. The van der Waals surface area contributed by atoms with Gasteiger partial charge in [-0.05, 0) is 85.8 Å². The van der Waals surface area contributed by atoms with Crippen LogP contribution in [0.4, 0.5) is 4.39 Å². The highest BCUT2D eigenvalue weighted by Crippen LogP contribution is 2.43. The molecule has 1 aliphatic rings. The minimum Gasteiger partial charge on any atom is -0.384 e. The number of nitrogens with one attached hydrogen (secondary N) is 2. The molecule has 0 saturated carbocycles. The van der Waals surface area contributed by atoms with Crippen LogP contribution in [0, 0.1) is 16.6 Å². The first-order valence-electron chi connectivity index (χ1n) is 15.0. The van der Waals surface area contributed by atoms with E-state index in [1.807, 2.05) is 24.0 Å². The second-order valence-electron chi connectivity index (χ2n) is 14.0. The Kier molecular flexibility index (Phi) is 11.2. The van der Waals surface area contributed by atoms with Gasteiger partial charge in [-0.2, -0.15) is 5.10 Å². The molecule has 2 aromatic rings. The fourth-order valence-corrected chi connectivity index (χ4v) is 5.56. The molecule has 1 heterocycles. The normalized spacial score (nSPS) is 18.3. The molecule has 0 saturated heterocycles. The van der Waals surface area contributed by atoms with Gasteiger partial charge in [0.25, 0.3) is 11.8 Å². The number of hydrazine groups is 1. The van der Waals surface area contributed by atoms with E-state index in [0.29, 0.717) is 24.0 Å². The number of amides is 2. The van der Waals surface area contributed by atoms with Crippen molar-refractivity contribution in [3.8, 4) is 0 Å². The number of aliphatic imine (C=N–C) groups is 1. The van der Waals surface area contributed by atoms with Crippen molar-refractivity contribution >= 4 is 35.0 Å². The largest absolute Gasteiger partial charge is 0.384 e. The van der Waals surface area contributed by atoms with Crippen LogP contribution in [0.5, 0.6) is 0 Å². The van der Waals surface area contributed by atoms with Gasteiger partial charge in [-0.3, -0.25) is 14.6 Å². The van der Waals surface area contributed by atoms with Gasteiger partial charge in [0.15, 0.2) is 0 Å². The Bertz CT molecular complexity index is 1400. The van der Waals surface area contributed by atoms with E-state index in [1.165, 1.54) is 12.1 Å². The summed E-state index contributed by atoms with van der Waals surface area (Å²) in [6.45, 7) is 15.1. The highest BCUT2D eigenvalue weighted by molar-refractivity contribution is 6.47. The molecule has 1 unspecified atom stereocenters. The van der Waals surface area contributed by atoms with E-state index in [2.05, 4.69) is 57.5 Å². The SMILES string of the molecule is CC(C)(C)CCCC1(C)N=C(c2ccc(F)c(Cl)c2)C(=O)N1[C@H](CCC(C)(C)C)c1ccc(C(=O)NC/C(N)=N/NN)cc1. The van der Waals surface area contributed by atoms with Crippen molar-refractivity contribution in [1.82, 2.24) is 15.8 Å². The van der Waals surface area contributed by atoms with Gasteiger partial charge < -0.3 is 16.0 Å². The molecule has 44 heavy (non-hydrogen) atoms. The summed E-state index contributed by atoms with van der Waals surface area (Å²) in [6, 6.07) is 11.2. The quantitative estimate of drug-likeness (QED) is 0.0978. The predicted octanol–water partition coefficient (Wildman–Crippen LogP) is 6.08. The molecule has 0 spiro atoms. The molecule has 9 nitrogen and oxygen atoms in total. The number of rotatable bonds is 12. The van der Waals surface area contributed by atoms with Crippen molar-refractivity contribution in [1.29, 1.82) is 0 Å². The van der Waals surface area contributed by atoms with Crippen molar-refractivity contribution in [2.24, 2.45) is 32.5 Å². The maximum absolute atomic E-state index is 14.4. The Morgan fingerprint density at radius 2 is 1.73 bits per heavy atom. The number of hydrogen-bond donors (Lipinski definition) is 4. The molecule has 0 aromatic heterocycles. The number of hydrogen-bond acceptors (Lipinski definition) is 6. The third kappa shape index (κ3) is 9.25. The van der Waals surface area contributed by atoms with Crippen molar-refractivity contribution in [2.75, 3.05) is 6.54 Å². The molecule has 11 heteroatoms. The standard InChI is InChI=1S/C33H47ClFN7O2/c1-31(2,3)16-8-17-33(7)39-28(23-13-14-25(35)24(34)19-23)30(44)42(33)26(15-18-32(4,5)6)21-9-11-22(12-10-21)29(43)38-20-27(36)40-41-37/h9-14,19,26,41H,8,15-18,20,37H2,1-7H3,(H2,36,40)(H,38,43)/t26-,33?/m1/s1. The Hall–Kier alpha value is -3.50. The fraction of sp³-hybridized carbons (Fsp3) is 0.515. The second-order valence-corrected chi connectivity index (χ2v) is 14.5. The molecule has 0 bridgehead atoms.